The van der Waals surface area contributed by atoms with Crippen molar-refractivity contribution in [2.75, 3.05) is 13.2 Å². The number of nitrogens with one attached hydrogen (secondary N) is 1. The molecule has 4 rings (SSSR count). The molecule has 2 atom stereocenters. The summed E-state index contributed by atoms with van der Waals surface area (Å²) in [6.45, 7) is 17.1. The van der Waals surface area contributed by atoms with Crippen molar-refractivity contribution in [1.82, 2.24) is 8.69 Å². The number of aliphatic hydroxyl groups is 1. The third-order valence-corrected chi connectivity index (χ3v) is 19.2. The van der Waals surface area contributed by atoms with Crippen LogP contribution in [0.2, 0.25) is 16.6 Å². The third kappa shape index (κ3) is 8.81. The predicted octanol–water partition coefficient (Wildman–Crippen LogP) is 7.95. The fourth-order valence-electron chi connectivity index (χ4n) is 6.85. The van der Waals surface area contributed by atoms with E-state index in [1.165, 1.54) is 3.97 Å². The van der Waals surface area contributed by atoms with Gasteiger partial charge in [-0.25, -0.2) is 25.5 Å². The summed E-state index contributed by atoms with van der Waals surface area (Å²) in [6, 6.07) is 18.6. The molecular weight excluding hydrogens is 753 g/mol. The molecule has 4 aromatic rings. The molecule has 8 nitrogen and oxygen atoms in total. The van der Waals surface area contributed by atoms with Gasteiger partial charge < -0.3 is 9.53 Å². The number of halogens is 1. The lowest BCUT2D eigenvalue weighted by Crippen LogP contribution is -2.49. The molecule has 1 aromatic heterocycles. The number of hydrogen-bond acceptors (Lipinski definition) is 6. The van der Waals surface area contributed by atoms with Crippen molar-refractivity contribution in [3.8, 4) is 11.8 Å². The van der Waals surface area contributed by atoms with Crippen molar-refractivity contribution in [3.05, 3.63) is 94.1 Å². The average Bonchev–Trinajstić information content (AvgIpc) is 3.42. The van der Waals surface area contributed by atoms with E-state index in [2.05, 4.69) is 74.0 Å². The fourth-order valence-corrected chi connectivity index (χ4v) is 15.4. The van der Waals surface area contributed by atoms with Crippen LogP contribution in [0.15, 0.2) is 87.2 Å². The van der Waals surface area contributed by atoms with Crippen LogP contribution in [-0.2, 0) is 30.9 Å². The van der Waals surface area contributed by atoms with Crippen molar-refractivity contribution in [3.63, 3.8) is 0 Å². The lowest BCUT2D eigenvalue weighted by atomic mass is 10.1. The van der Waals surface area contributed by atoms with Crippen molar-refractivity contribution in [2.24, 2.45) is 5.92 Å². The molecule has 0 fully saturated rings. The van der Waals surface area contributed by atoms with Crippen molar-refractivity contribution in [1.29, 1.82) is 0 Å². The zero-order chi connectivity index (χ0) is 37.0. The minimum Gasteiger partial charge on any atom is -0.415 e. The van der Waals surface area contributed by atoms with Crippen LogP contribution in [0.1, 0.15) is 58.2 Å². The number of benzene rings is 3. The zero-order valence-electron chi connectivity index (χ0n) is 30.1. The molecule has 0 unspecified atom stereocenters. The number of aryl methyl sites for hydroxylation is 2. The summed E-state index contributed by atoms with van der Waals surface area (Å²) in [7, 11) is -10.1. The van der Waals surface area contributed by atoms with Gasteiger partial charge in [0.05, 0.1) is 21.2 Å². The van der Waals surface area contributed by atoms with E-state index in [0.29, 0.717) is 37.6 Å². The quantitative estimate of drug-likeness (QED) is 0.0989. The molecule has 0 aliphatic carbocycles. The van der Waals surface area contributed by atoms with Crippen LogP contribution in [0.4, 0.5) is 0 Å². The van der Waals surface area contributed by atoms with E-state index in [9.17, 15) is 21.9 Å². The Morgan fingerprint density at radius 3 is 1.90 bits per heavy atom. The Labute approximate surface area is 308 Å². The molecule has 270 valence electrons. The second kappa shape index (κ2) is 16.3. The van der Waals surface area contributed by atoms with Crippen molar-refractivity contribution < 1.29 is 26.4 Å². The molecule has 0 saturated heterocycles. The molecule has 0 aliphatic rings. The minimum atomic E-state index is -3.93. The van der Waals surface area contributed by atoms with Crippen molar-refractivity contribution in [2.45, 2.75) is 94.3 Å². The van der Waals surface area contributed by atoms with Gasteiger partial charge in [0.15, 0.2) is 8.32 Å². The summed E-state index contributed by atoms with van der Waals surface area (Å²) < 4.78 is 65.4. The summed E-state index contributed by atoms with van der Waals surface area (Å²) in [5, 5.41) is 11.9. The lowest BCUT2D eigenvalue weighted by Gasteiger charge is -2.42. The van der Waals surface area contributed by atoms with Gasteiger partial charge in [0.25, 0.3) is 10.0 Å². The predicted molar refractivity (Wildman–Crippen MR) is 208 cm³/mol. The first-order chi connectivity index (χ1) is 23.4. The Bertz CT molecular complexity index is 2040. The van der Waals surface area contributed by atoms with Crippen LogP contribution in [0.3, 0.4) is 0 Å². The molecule has 0 saturated carbocycles. The Morgan fingerprint density at radius 1 is 0.820 bits per heavy atom. The molecule has 2 N–H and O–H groups in total. The topological polar surface area (TPSA) is 115 Å². The van der Waals surface area contributed by atoms with Gasteiger partial charge in [-0.1, -0.05) is 111 Å². The lowest BCUT2D eigenvalue weighted by molar-refractivity contribution is 0.231. The highest BCUT2D eigenvalue weighted by Gasteiger charge is 2.45. The van der Waals surface area contributed by atoms with E-state index in [1.807, 2.05) is 19.9 Å². The Morgan fingerprint density at radius 2 is 1.36 bits per heavy atom. The van der Waals surface area contributed by atoms with E-state index in [1.54, 1.807) is 66.9 Å². The first-order valence-corrected chi connectivity index (χ1v) is 22.8. The van der Waals surface area contributed by atoms with Gasteiger partial charge in [-0.05, 0) is 72.4 Å². The molecule has 0 bridgehead atoms. The third-order valence-electron chi connectivity index (χ3n) is 9.36. The first kappa shape index (κ1) is 40.0. The molecule has 0 amide bonds. The number of sulfonamides is 1. The Hall–Kier alpha value is -2.76. The Kier molecular flexibility index (Phi) is 13.0. The van der Waals surface area contributed by atoms with Gasteiger partial charge in [-0.3, -0.25) is 0 Å². The average molecular weight is 802 g/mol. The Balaban J connectivity index is 1.66. The van der Waals surface area contributed by atoms with Gasteiger partial charge in [0, 0.05) is 35.6 Å². The van der Waals surface area contributed by atoms with Gasteiger partial charge in [0.1, 0.15) is 6.10 Å². The van der Waals surface area contributed by atoms with Crippen LogP contribution in [0.25, 0.3) is 10.9 Å². The summed E-state index contributed by atoms with van der Waals surface area (Å²) in [6.07, 6.45) is 0.426. The summed E-state index contributed by atoms with van der Waals surface area (Å²) >= 11 is 3.58. The highest BCUT2D eigenvalue weighted by molar-refractivity contribution is 9.10. The largest absolute Gasteiger partial charge is 0.415 e. The molecule has 50 heavy (non-hydrogen) atoms. The highest BCUT2D eigenvalue weighted by Crippen LogP contribution is 2.42. The SMILES string of the molecule is Cc1ccc(S(=O)(=O)NC[C@H](C#C[C@H](O)Cc2cn(S(=O)(=O)c3ccc(C)cc3)c3cccc(Br)c23)CO[Si](C(C)C)(C(C)C)C(C)C)cc1. The second-order valence-electron chi connectivity index (χ2n) is 13.9. The smallest absolute Gasteiger partial charge is 0.268 e. The van der Waals surface area contributed by atoms with Gasteiger partial charge in [-0.2, -0.15) is 0 Å². The number of hydrogen-bond donors (Lipinski definition) is 2. The number of fused-ring (bicyclic) bond motifs is 1. The van der Waals surface area contributed by atoms with E-state index < -0.39 is 40.4 Å². The number of aliphatic hydroxyl groups excluding tert-OH is 1. The van der Waals surface area contributed by atoms with E-state index in [-0.39, 0.29) is 29.4 Å². The maximum absolute atomic E-state index is 13.7. The standard InChI is InChI=1S/C38H49BrN2O6S2Si/c1-26(2)50(27(3)4,28(5)6)47-25-31(23-40-48(43,44)34-18-12-29(7)13-19-34)16-17-33(42)22-32-24-41(37-11-9-10-36(39)38(32)37)49(45,46)35-20-14-30(8)15-21-35/h9-15,18-21,24,26-28,31,33,40,42H,22-23,25H2,1-8H3/t31-,33-/m0/s1. The van der Waals surface area contributed by atoms with E-state index in [4.69, 9.17) is 4.43 Å². The normalized spacial score (nSPS) is 13.9. The van der Waals surface area contributed by atoms with Crippen LogP contribution < -0.4 is 4.72 Å². The minimum absolute atomic E-state index is 0.00561. The molecule has 12 heteroatoms. The molecule has 1 heterocycles. The number of aromatic nitrogens is 1. The molecule has 0 spiro atoms. The van der Waals surface area contributed by atoms with Crippen LogP contribution in [0.5, 0.6) is 0 Å². The molecular formula is C38H49BrN2O6S2Si. The maximum Gasteiger partial charge on any atom is 0.268 e. The second-order valence-corrected chi connectivity index (χ2v) is 23.8. The van der Waals surface area contributed by atoms with E-state index in [0.717, 1.165) is 11.1 Å². The molecule has 0 radical (unpaired) electrons. The summed E-state index contributed by atoms with van der Waals surface area (Å²) in [5.41, 5.74) is 3.93. The van der Waals surface area contributed by atoms with Crippen LogP contribution in [0, 0.1) is 31.6 Å². The fraction of sp³-hybridized carbons (Fsp3) is 0.421. The zero-order valence-corrected chi connectivity index (χ0v) is 34.3. The van der Waals surface area contributed by atoms with Gasteiger partial charge in [0.2, 0.25) is 10.0 Å². The van der Waals surface area contributed by atoms with Gasteiger partial charge >= 0.3 is 0 Å². The summed E-state index contributed by atoms with van der Waals surface area (Å²) in [4.78, 5) is 0.320. The first-order valence-electron chi connectivity index (χ1n) is 16.9. The monoisotopic (exact) mass is 800 g/mol. The maximum atomic E-state index is 13.7. The van der Waals surface area contributed by atoms with Crippen LogP contribution in [-0.4, -0.2) is 53.5 Å². The van der Waals surface area contributed by atoms with Gasteiger partial charge in [-0.15, -0.1) is 0 Å². The van der Waals surface area contributed by atoms with E-state index >= 15 is 0 Å². The number of rotatable bonds is 14. The highest BCUT2D eigenvalue weighted by atomic mass is 79.9. The van der Waals surface area contributed by atoms with Crippen molar-refractivity contribution >= 4 is 55.2 Å². The molecule has 0 aliphatic heterocycles. The number of nitrogens with zero attached hydrogens (tertiary/aromatic N) is 1. The van der Waals surface area contributed by atoms with Crippen LogP contribution >= 0.6 is 15.9 Å². The summed E-state index contributed by atoms with van der Waals surface area (Å²) in [5.74, 6) is 5.51. The molecule has 3 aromatic carbocycles.